The van der Waals surface area contributed by atoms with Gasteiger partial charge in [0.15, 0.2) is 0 Å². The molecule has 0 aromatic heterocycles. The molecule has 0 saturated carbocycles. The van der Waals surface area contributed by atoms with E-state index >= 15 is 0 Å². The molecule has 0 aliphatic carbocycles. The van der Waals surface area contributed by atoms with Crippen LogP contribution in [0.3, 0.4) is 0 Å². The maximum absolute atomic E-state index is 12.5. The molecule has 1 aliphatic heterocycles. The van der Waals surface area contributed by atoms with Crippen molar-refractivity contribution >= 4 is 11.6 Å². The van der Waals surface area contributed by atoms with Gasteiger partial charge in [0.05, 0.1) is 18.8 Å². The molecule has 2 rings (SSSR count). The van der Waals surface area contributed by atoms with Gasteiger partial charge in [-0.25, -0.2) is 0 Å². The summed E-state index contributed by atoms with van der Waals surface area (Å²) in [7, 11) is 0. The average Bonchev–Trinajstić information content (AvgIpc) is 2.49. The fraction of sp³-hybridized carbons (Fsp3) is 0.562. The van der Waals surface area contributed by atoms with Gasteiger partial charge in [0.25, 0.3) is 0 Å². The molecule has 0 spiro atoms. The Labute approximate surface area is 126 Å². The zero-order valence-corrected chi connectivity index (χ0v) is 13.0. The highest BCUT2D eigenvalue weighted by Gasteiger charge is 2.31. The lowest BCUT2D eigenvalue weighted by atomic mass is 10.1. The first kappa shape index (κ1) is 15.9. The molecular weight excluding hydrogens is 266 g/mol. The Hall–Kier alpha value is -1.43. The largest absolute Gasteiger partial charge is 0.376 e. The van der Waals surface area contributed by atoms with E-state index < -0.39 is 0 Å². The number of nitrogens with two attached hydrogens (primary N) is 1. The highest BCUT2D eigenvalue weighted by Crippen LogP contribution is 2.18. The second kappa shape index (κ2) is 7.02. The number of carbonyl (C=O) groups excluding carboxylic acids is 1. The van der Waals surface area contributed by atoms with Crippen molar-refractivity contribution in [3.8, 4) is 0 Å². The minimum atomic E-state index is -0.197. The van der Waals surface area contributed by atoms with Gasteiger partial charge in [-0.1, -0.05) is 18.2 Å². The Morgan fingerprint density at radius 3 is 2.90 bits per heavy atom. The van der Waals surface area contributed by atoms with E-state index in [0.717, 1.165) is 17.8 Å². The van der Waals surface area contributed by atoms with Gasteiger partial charge in [0.1, 0.15) is 0 Å². The predicted octanol–water partition coefficient (Wildman–Crippen LogP) is 1.58. The van der Waals surface area contributed by atoms with Crippen LogP contribution in [-0.2, 0) is 16.1 Å². The summed E-state index contributed by atoms with van der Waals surface area (Å²) in [6.07, 6.45) is 0.160. The van der Waals surface area contributed by atoms with Crippen molar-refractivity contribution in [2.24, 2.45) is 5.73 Å². The van der Waals surface area contributed by atoms with Crippen LogP contribution in [0.25, 0.3) is 0 Å². The number of hydrogen-bond acceptors (Lipinski definition) is 4. The van der Waals surface area contributed by atoms with Crippen LogP contribution in [-0.4, -0.2) is 42.1 Å². The smallest absolute Gasteiger partial charge is 0.241 e. The molecule has 116 valence electrons. The highest BCUT2D eigenvalue weighted by atomic mass is 16.5. The number of hydrogen-bond donors (Lipinski definition) is 2. The lowest BCUT2D eigenvalue weighted by Crippen LogP contribution is -2.54. The number of nitrogens with one attached hydrogen (secondary N) is 1. The Morgan fingerprint density at radius 2 is 2.19 bits per heavy atom. The van der Waals surface area contributed by atoms with E-state index in [1.165, 1.54) is 0 Å². The lowest BCUT2D eigenvalue weighted by Gasteiger charge is -2.39. The number of rotatable bonds is 4. The standard InChI is InChI=1S/C16H25N3O2/c1-11-10-21-12(2)9-19(11)13(3)16(20)18-15-7-5-4-6-14(15)8-17/h4-7,11-13H,8-10,17H2,1-3H3,(H,18,20). The first-order chi connectivity index (χ1) is 10.0. The third kappa shape index (κ3) is 3.81. The van der Waals surface area contributed by atoms with Gasteiger partial charge in [-0.2, -0.15) is 0 Å². The molecule has 1 heterocycles. The summed E-state index contributed by atoms with van der Waals surface area (Å²) in [5, 5.41) is 2.99. The first-order valence-electron chi connectivity index (χ1n) is 7.49. The Bertz CT molecular complexity index is 492. The average molecular weight is 291 g/mol. The molecule has 1 fully saturated rings. The maximum Gasteiger partial charge on any atom is 0.241 e. The molecule has 1 aromatic rings. The highest BCUT2D eigenvalue weighted by molar-refractivity contribution is 5.95. The molecule has 1 saturated heterocycles. The summed E-state index contributed by atoms with van der Waals surface area (Å²) in [6, 6.07) is 7.69. The third-order valence-electron chi connectivity index (χ3n) is 4.03. The zero-order chi connectivity index (χ0) is 15.4. The van der Waals surface area contributed by atoms with E-state index in [-0.39, 0.29) is 24.1 Å². The number of anilines is 1. The van der Waals surface area contributed by atoms with Crippen molar-refractivity contribution in [2.45, 2.75) is 45.5 Å². The summed E-state index contributed by atoms with van der Waals surface area (Å²) in [6.45, 7) is 7.91. The van der Waals surface area contributed by atoms with Gasteiger partial charge >= 0.3 is 0 Å². The van der Waals surface area contributed by atoms with Crippen LogP contribution in [0.2, 0.25) is 0 Å². The SMILES string of the molecule is CC1CN(C(C)C(=O)Nc2ccccc2CN)C(C)CO1. The minimum absolute atomic E-state index is 0.00292. The number of amides is 1. The van der Waals surface area contributed by atoms with Crippen molar-refractivity contribution in [3.05, 3.63) is 29.8 Å². The maximum atomic E-state index is 12.5. The fourth-order valence-electron chi connectivity index (χ4n) is 2.68. The molecule has 5 nitrogen and oxygen atoms in total. The quantitative estimate of drug-likeness (QED) is 0.884. The second-order valence-electron chi connectivity index (χ2n) is 5.72. The van der Waals surface area contributed by atoms with Crippen LogP contribution in [0.1, 0.15) is 26.3 Å². The minimum Gasteiger partial charge on any atom is -0.376 e. The Balaban J connectivity index is 2.05. The van der Waals surface area contributed by atoms with Crippen LogP contribution in [0.15, 0.2) is 24.3 Å². The number of nitrogens with zero attached hydrogens (tertiary/aromatic N) is 1. The van der Waals surface area contributed by atoms with Crippen LogP contribution >= 0.6 is 0 Å². The van der Waals surface area contributed by atoms with Crippen molar-refractivity contribution in [3.63, 3.8) is 0 Å². The van der Waals surface area contributed by atoms with E-state index in [2.05, 4.69) is 17.1 Å². The number of benzene rings is 1. The van der Waals surface area contributed by atoms with Gasteiger partial charge in [0, 0.05) is 24.8 Å². The van der Waals surface area contributed by atoms with E-state index in [1.54, 1.807) is 0 Å². The molecule has 3 N–H and O–H groups in total. The summed E-state index contributed by atoms with van der Waals surface area (Å²) in [5.41, 5.74) is 7.45. The molecule has 21 heavy (non-hydrogen) atoms. The number of carbonyl (C=O) groups is 1. The topological polar surface area (TPSA) is 67.6 Å². The van der Waals surface area contributed by atoms with Crippen molar-refractivity contribution in [2.75, 3.05) is 18.5 Å². The number of ether oxygens (including phenoxy) is 1. The molecule has 1 amide bonds. The molecule has 3 unspecified atom stereocenters. The Morgan fingerprint density at radius 1 is 1.48 bits per heavy atom. The van der Waals surface area contributed by atoms with E-state index in [1.807, 2.05) is 38.1 Å². The van der Waals surface area contributed by atoms with Gasteiger partial charge in [0.2, 0.25) is 5.91 Å². The summed E-state index contributed by atoms with van der Waals surface area (Å²) in [5.74, 6) is -0.00292. The number of para-hydroxylation sites is 1. The van der Waals surface area contributed by atoms with Gasteiger partial charge in [-0.3, -0.25) is 9.69 Å². The lowest BCUT2D eigenvalue weighted by molar-refractivity contribution is -0.126. The van der Waals surface area contributed by atoms with Crippen LogP contribution in [0.5, 0.6) is 0 Å². The summed E-state index contributed by atoms with van der Waals surface area (Å²) >= 11 is 0. The molecule has 3 atom stereocenters. The second-order valence-corrected chi connectivity index (χ2v) is 5.72. The van der Waals surface area contributed by atoms with Crippen LogP contribution < -0.4 is 11.1 Å². The number of morpholine rings is 1. The van der Waals surface area contributed by atoms with Crippen molar-refractivity contribution in [1.82, 2.24) is 4.90 Å². The van der Waals surface area contributed by atoms with Gasteiger partial charge in [-0.15, -0.1) is 0 Å². The molecule has 1 aromatic carbocycles. The monoisotopic (exact) mass is 291 g/mol. The molecule has 0 bridgehead atoms. The van der Waals surface area contributed by atoms with Crippen LogP contribution in [0.4, 0.5) is 5.69 Å². The van der Waals surface area contributed by atoms with E-state index in [9.17, 15) is 4.79 Å². The fourth-order valence-corrected chi connectivity index (χ4v) is 2.68. The molecule has 0 radical (unpaired) electrons. The van der Waals surface area contributed by atoms with Crippen LogP contribution in [0, 0.1) is 0 Å². The normalized spacial score (nSPS) is 24.6. The van der Waals surface area contributed by atoms with Gasteiger partial charge < -0.3 is 15.8 Å². The van der Waals surface area contributed by atoms with E-state index in [4.69, 9.17) is 10.5 Å². The summed E-state index contributed by atoms with van der Waals surface area (Å²) in [4.78, 5) is 14.7. The van der Waals surface area contributed by atoms with Crippen molar-refractivity contribution in [1.29, 1.82) is 0 Å². The van der Waals surface area contributed by atoms with Crippen molar-refractivity contribution < 1.29 is 9.53 Å². The predicted molar refractivity (Wildman–Crippen MR) is 84.0 cm³/mol. The van der Waals surface area contributed by atoms with Gasteiger partial charge in [-0.05, 0) is 32.4 Å². The molecule has 5 heteroatoms. The third-order valence-corrected chi connectivity index (χ3v) is 4.03. The molecule has 1 aliphatic rings. The molecular formula is C16H25N3O2. The zero-order valence-electron chi connectivity index (χ0n) is 13.0. The Kier molecular flexibility index (Phi) is 5.33. The summed E-state index contributed by atoms with van der Waals surface area (Å²) < 4.78 is 5.62. The first-order valence-corrected chi connectivity index (χ1v) is 7.49. The van der Waals surface area contributed by atoms with E-state index in [0.29, 0.717) is 13.2 Å².